The van der Waals surface area contributed by atoms with Gasteiger partial charge in [0.15, 0.2) is 5.13 Å². The third kappa shape index (κ3) is 2.69. The van der Waals surface area contributed by atoms with Crippen molar-refractivity contribution in [3.8, 4) is 0 Å². The fourth-order valence-corrected chi connectivity index (χ4v) is 2.81. The molecule has 0 fully saturated rings. The van der Waals surface area contributed by atoms with Crippen LogP contribution in [-0.2, 0) is 0 Å². The molecule has 15 heavy (non-hydrogen) atoms. The average Bonchev–Trinajstić information content (AvgIpc) is 2.61. The Labute approximate surface area is 96.5 Å². The normalized spacial score (nSPS) is 12.9. The highest BCUT2D eigenvalue weighted by Gasteiger charge is 2.15. The summed E-state index contributed by atoms with van der Waals surface area (Å²) in [5, 5.41) is 4.41. The molecule has 0 aliphatic carbocycles. The van der Waals surface area contributed by atoms with Crippen molar-refractivity contribution in [2.75, 3.05) is 25.0 Å². The van der Waals surface area contributed by atoms with Crippen molar-refractivity contribution in [1.29, 1.82) is 0 Å². The zero-order chi connectivity index (χ0) is 11.4. The van der Waals surface area contributed by atoms with Crippen LogP contribution in [0.2, 0.25) is 0 Å². The van der Waals surface area contributed by atoms with Crippen LogP contribution in [0.1, 0.15) is 37.4 Å². The van der Waals surface area contributed by atoms with E-state index in [1.54, 1.807) is 11.3 Å². The smallest absolute Gasteiger partial charge is 0.185 e. The Morgan fingerprint density at radius 1 is 1.40 bits per heavy atom. The molecule has 86 valence electrons. The summed E-state index contributed by atoms with van der Waals surface area (Å²) in [6, 6.07) is 0.395. The highest BCUT2D eigenvalue weighted by Crippen LogP contribution is 2.30. The molecule has 0 aliphatic rings. The third-order valence-corrected chi connectivity index (χ3v) is 4.08. The molecule has 1 aromatic heterocycles. The highest BCUT2D eigenvalue weighted by molar-refractivity contribution is 7.15. The molecule has 1 heterocycles. The molecule has 1 rings (SSSR count). The monoisotopic (exact) mass is 227 g/mol. The molecular formula is C11H21N3S. The minimum absolute atomic E-state index is 0.395. The number of aryl methyl sites for hydroxylation is 1. The van der Waals surface area contributed by atoms with Crippen molar-refractivity contribution < 1.29 is 0 Å². The van der Waals surface area contributed by atoms with Crippen molar-refractivity contribution in [3.63, 3.8) is 0 Å². The van der Waals surface area contributed by atoms with Gasteiger partial charge in [-0.1, -0.05) is 0 Å². The molecular weight excluding hydrogens is 206 g/mol. The van der Waals surface area contributed by atoms with Crippen LogP contribution in [0, 0.1) is 6.92 Å². The van der Waals surface area contributed by atoms with Gasteiger partial charge in [0.25, 0.3) is 0 Å². The van der Waals surface area contributed by atoms with Crippen molar-refractivity contribution >= 4 is 16.5 Å². The van der Waals surface area contributed by atoms with E-state index in [1.165, 1.54) is 4.88 Å². The van der Waals surface area contributed by atoms with Crippen LogP contribution < -0.4 is 10.2 Å². The number of hydrogen-bond donors (Lipinski definition) is 1. The van der Waals surface area contributed by atoms with Crippen LogP contribution in [-0.4, -0.2) is 25.1 Å². The first kappa shape index (κ1) is 12.5. The van der Waals surface area contributed by atoms with E-state index in [2.05, 4.69) is 42.9 Å². The van der Waals surface area contributed by atoms with Crippen LogP contribution in [0.15, 0.2) is 0 Å². The Hall–Kier alpha value is -0.610. The topological polar surface area (TPSA) is 28.2 Å². The van der Waals surface area contributed by atoms with Gasteiger partial charge in [-0.05, 0) is 34.7 Å². The van der Waals surface area contributed by atoms with E-state index < -0.39 is 0 Å². The number of thiazole rings is 1. The molecule has 0 aromatic carbocycles. The van der Waals surface area contributed by atoms with Crippen LogP contribution in [0.3, 0.4) is 0 Å². The Morgan fingerprint density at radius 3 is 2.47 bits per heavy atom. The van der Waals surface area contributed by atoms with Crippen LogP contribution >= 0.6 is 11.3 Å². The van der Waals surface area contributed by atoms with Gasteiger partial charge >= 0.3 is 0 Å². The molecule has 0 amide bonds. The van der Waals surface area contributed by atoms with Gasteiger partial charge in [0.2, 0.25) is 0 Å². The summed E-state index contributed by atoms with van der Waals surface area (Å²) in [5.74, 6) is 0. The van der Waals surface area contributed by atoms with Gasteiger partial charge in [0, 0.05) is 24.0 Å². The molecule has 0 spiro atoms. The summed E-state index contributed by atoms with van der Waals surface area (Å²) in [4.78, 5) is 8.27. The number of hydrogen-bond acceptors (Lipinski definition) is 4. The Morgan fingerprint density at radius 2 is 2.00 bits per heavy atom. The largest absolute Gasteiger partial charge is 0.349 e. The zero-order valence-corrected chi connectivity index (χ0v) is 11.1. The molecule has 0 saturated carbocycles. The zero-order valence-electron chi connectivity index (χ0n) is 10.3. The van der Waals surface area contributed by atoms with E-state index in [9.17, 15) is 0 Å². The minimum atomic E-state index is 0.395. The van der Waals surface area contributed by atoms with Crippen LogP contribution in [0.25, 0.3) is 0 Å². The minimum Gasteiger partial charge on any atom is -0.349 e. The highest BCUT2D eigenvalue weighted by atomic mass is 32.1. The van der Waals surface area contributed by atoms with Crippen LogP contribution in [0.5, 0.6) is 0 Å². The summed E-state index contributed by atoms with van der Waals surface area (Å²) >= 11 is 1.80. The van der Waals surface area contributed by atoms with Gasteiger partial charge in [-0.2, -0.15) is 0 Å². The maximum atomic E-state index is 4.63. The van der Waals surface area contributed by atoms with Crippen molar-refractivity contribution in [1.82, 2.24) is 10.3 Å². The number of rotatable bonds is 5. The summed E-state index contributed by atoms with van der Waals surface area (Å²) in [7, 11) is 1.99. The molecule has 1 N–H and O–H groups in total. The second kappa shape index (κ2) is 5.47. The Balaban J connectivity index is 2.94. The lowest BCUT2D eigenvalue weighted by Crippen LogP contribution is -2.21. The summed E-state index contributed by atoms with van der Waals surface area (Å²) in [6.45, 7) is 10.6. The molecule has 0 aliphatic heterocycles. The number of nitrogens with one attached hydrogen (secondary N) is 1. The van der Waals surface area contributed by atoms with E-state index in [-0.39, 0.29) is 0 Å². The van der Waals surface area contributed by atoms with Gasteiger partial charge in [0.1, 0.15) is 0 Å². The SMILES string of the molecule is CCN(CC)c1nc(C)c(C(C)NC)s1. The average molecular weight is 227 g/mol. The molecule has 0 radical (unpaired) electrons. The predicted octanol–water partition coefficient (Wildman–Crippen LogP) is 2.58. The van der Waals surface area contributed by atoms with E-state index in [4.69, 9.17) is 0 Å². The molecule has 1 atom stereocenters. The van der Waals surface area contributed by atoms with Crippen molar-refractivity contribution in [2.45, 2.75) is 33.7 Å². The third-order valence-electron chi connectivity index (χ3n) is 2.68. The van der Waals surface area contributed by atoms with E-state index >= 15 is 0 Å². The quantitative estimate of drug-likeness (QED) is 0.838. The maximum Gasteiger partial charge on any atom is 0.185 e. The number of nitrogens with zero attached hydrogens (tertiary/aromatic N) is 2. The maximum absolute atomic E-state index is 4.63. The molecule has 4 heteroatoms. The Kier molecular flexibility index (Phi) is 4.54. The summed E-state index contributed by atoms with van der Waals surface area (Å²) in [5.41, 5.74) is 1.16. The number of aromatic nitrogens is 1. The van der Waals surface area contributed by atoms with E-state index in [1.807, 2.05) is 7.05 Å². The first-order chi connectivity index (χ1) is 7.13. The molecule has 1 unspecified atom stereocenters. The van der Waals surface area contributed by atoms with Gasteiger partial charge < -0.3 is 10.2 Å². The van der Waals surface area contributed by atoms with Gasteiger partial charge in [-0.25, -0.2) is 4.98 Å². The second-order valence-electron chi connectivity index (χ2n) is 3.63. The fourth-order valence-electron chi connectivity index (χ4n) is 1.56. The molecule has 3 nitrogen and oxygen atoms in total. The fraction of sp³-hybridized carbons (Fsp3) is 0.727. The van der Waals surface area contributed by atoms with Gasteiger partial charge in [-0.3, -0.25) is 0 Å². The first-order valence-electron chi connectivity index (χ1n) is 5.53. The van der Waals surface area contributed by atoms with E-state index in [0.717, 1.165) is 23.9 Å². The molecule has 0 bridgehead atoms. The lowest BCUT2D eigenvalue weighted by Gasteiger charge is -2.16. The van der Waals surface area contributed by atoms with Gasteiger partial charge in [0.05, 0.1) is 5.69 Å². The molecule has 1 aromatic rings. The Bertz CT molecular complexity index is 305. The lowest BCUT2D eigenvalue weighted by molar-refractivity contribution is 0.658. The van der Waals surface area contributed by atoms with Crippen molar-refractivity contribution in [3.05, 3.63) is 10.6 Å². The van der Waals surface area contributed by atoms with Crippen molar-refractivity contribution in [2.24, 2.45) is 0 Å². The predicted molar refractivity (Wildman–Crippen MR) is 67.9 cm³/mol. The van der Waals surface area contributed by atoms with E-state index in [0.29, 0.717) is 6.04 Å². The molecule has 0 saturated heterocycles. The second-order valence-corrected chi connectivity index (χ2v) is 4.64. The lowest BCUT2D eigenvalue weighted by atomic mass is 10.2. The standard InChI is InChI=1S/C11H21N3S/c1-6-14(7-2)11-13-9(4)10(15-11)8(3)12-5/h8,12H,6-7H2,1-5H3. The van der Waals surface area contributed by atoms with Gasteiger partial charge in [-0.15, -0.1) is 11.3 Å². The summed E-state index contributed by atoms with van der Waals surface area (Å²) in [6.07, 6.45) is 0. The summed E-state index contributed by atoms with van der Waals surface area (Å²) < 4.78 is 0. The first-order valence-corrected chi connectivity index (χ1v) is 6.35. The number of anilines is 1. The van der Waals surface area contributed by atoms with Crippen LogP contribution in [0.4, 0.5) is 5.13 Å².